The van der Waals surface area contributed by atoms with E-state index >= 15 is 0 Å². The lowest BCUT2D eigenvalue weighted by Crippen LogP contribution is -2.10. The highest BCUT2D eigenvalue weighted by Gasteiger charge is 2.20. The Bertz CT molecular complexity index is 2310. The van der Waals surface area contributed by atoms with Crippen molar-refractivity contribution < 1.29 is 0 Å². The predicted octanol–water partition coefficient (Wildman–Crippen LogP) is 10.3. The monoisotopic (exact) mass is 607 g/mol. The Kier molecular flexibility index (Phi) is 6.95. The fraction of sp³-hybridized carbons (Fsp3) is 0.0952. The first-order chi connectivity index (χ1) is 22.9. The van der Waals surface area contributed by atoms with Gasteiger partial charge < -0.3 is 4.57 Å². The van der Waals surface area contributed by atoms with Crippen molar-refractivity contribution in [3.8, 4) is 51.0 Å². The molecular formula is C42H33N5. The van der Waals surface area contributed by atoms with Crippen molar-refractivity contribution in [3.05, 3.63) is 151 Å². The number of pyridine rings is 1. The van der Waals surface area contributed by atoms with Crippen LogP contribution in [0.2, 0.25) is 0 Å². The van der Waals surface area contributed by atoms with Crippen molar-refractivity contribution in [2.24, 2.45) is 0 Å². The largest absolute Gasteiger partial charge is 0.309 e. The van der Waals surface area contributed by atoms with Gasteiger partial charge in [0.1, 0.15) is 0 Å². The van der Waals surface area contributed by atoms with E-state index in [1.165, 1.54) is 27.4 Å². The van der Waals surface area contributed by atoms with Crippen molar-refractivity contribution in [2.45, 2.75) is 26.2 Å². The fourth-order valence-corrected chi connectivity index (χ4v) is 6.28. The van der Waals surface area contributed by atoms with Crippen LogP contribution in [0.1, 0.15) is 26.3 Å². The van der Waals surface area contributed by atoms with Crippen molar-refractivity contribution in [1.29, 1.82) is 0 Å². The molecule has 5 aromatic carbocycles. The van der Waals surface area contributed by atoms with Crippen LogP contribution in [-0.2, 0) is 5.41 Å². The number of nitrogens with zero attached hydrogens (tertiary/aromatic N) is 5. The SMILES string of the molecule is CC(C)(C)c1ccc2c3ccccc3n(-c3ccc(-c4nc(-c5ccccc5)nc(-c5ccccc5)n4)c(-c4ccncc4)c3)c2c1. The normalized spacial score (nSPS) is 11.7. The topological polar surface area (TPSA) is 56.5 Å². The Labute approximate surface area is 274 Å². The molecule has 0 saturated heterocycles. The van der Waals surface area contributed by atoms with Gasteiger partial charge >= 0.3 is 0 Å². The molecule has 5 heteroatoms. The van der Waals surface area contributed by atoms with Gasteiger partial charge in [0.05, 0.1) is 11.0 Å². The molecule has 0 aliphatic heterocycles. The first-order valence-electron chi connectivity index (χ1n) is 15.9. The van der Waals surface area contributed by atoms with E-state index in [9.17, 15) is 0 Å². The first-order valence-corrected chi connectivity index (χ1v) is 15.9. The Balaban J connectivity index is 1.39. The lowest BCUT2D eigenvalue weighted by atomic mass is 9.86. The highest BCUT2D eigenvalue weighted by Crippen LogP contribution is 2.38. The van der Waals surface area contributed by atoms with Gasteiger partial charge in [0.15, 0.2) is 17.5 Å². The highest BCUT2D eigenvalue weighted by atomic mass is 15.0. The number of aromatic nitrogens is 5. The van der Waals surface area contributed by atoms with Gasteiger partial charge in [0.25, 0.3) is 0 Å². The van der Waals surface area contributed by atoms with E-state index in [2.05, 4.69) is 91.0 Å². The quantitative estimate of drug-likeness (QED) is 0.195. The second kappa shape index (κ2) is 11.5. The van der Waals surface area contributed by atoms with Gasteiger partial charge in [-0.2, -0.15) is 0 Å². The van der Waals surface area contributed by atoms with E-state index in [4.69, 9.17) is 15.0 Å². The maximum Gasteiger partial charge on any atom is 0.164 e. The maximum atomic E-state index is 5.07. The van der Waals surface area contributed by atoms with E-state index in [1.54, 1.807) is 0 Å². The van der Waals surface area contributed by atoms with E-state index in [0.717, 1.165) is 33.5 Å². The molecule has 0 N–H and O–H groups in total. The van der Waals surface area contributed by atoms with Crippen LogP contribution in [0.15, 0.2) is 146 Å². The summed E-state index contributed by atoms with van der Waals surface area (Å²) >= 11 is 0. The van der Waals surface area contributed by atoms with Gasteiger partial charge in [-0.25, -0.2) is 15.0 Å². The Morgan fingerprint density at radius 2 is 1.06 bits per heavy atom. The number of benzene rings is 5. The summed E-state index contributed by atoms with van der Waals surface area (Å²) in [6.45, 7) is 6.79. The smallest absolute Gasteiger partial charge is 0.164 e. The highest BCUT2D eigenvalue weighted by molar-refractivity contribution is 6.09. The summed E-state index contributed by atoms with van der Waals surface area (Å²) in [5.41, 5.74) is 9.60. The number of para-hydroxylation sites is 1. The predicted molar refractivity (Wildman–Crippen MR) is 192 cm³/mol. The van der Waals surface area contributed by atoms with E-state index in [0.29, 0.717) is 17.5 Å². The van der Waals surface area contributed by atoms with Gasteiger partial charge in [-0.05, 0) is 64.6 Å². The molecule has 8 aromatic rings. The molecule has 0 bridgehead atoms. The Morgan fingerprint density at radius 1 is 0.468 bits per heavy atom. The van der Waals surface area contributed by atoms with Gasteiger partial charge in [-0.15, -0.1) is 0 Å². The van der Waals surface area contributed by atoms with Crippen molar-refractivity contribution in [1.82, 2.24) is 24.5 Å². The molecule has 3 heterocycles. The number of rotatable bonds is 5. The van der Waals surface area contributed by atoms with E-state index in [1.807, 2.05) is 85.2 Å². The van der Waals surface area contributed by atoms with Gasteiger partial charge in [-0.3, -0.25) is 4.98 Å². The van der Waals surface area contributed by atoms with Crippen LogP contribution in [0, 0.1) is 0 Å². The summed E-state index contributed by atoms with van der Waals surface area (Å²) in [4.78, 5) is 19.4. The average molecular weight is 608 g/mol. The molecule has 8 rings (SSSR count). The lowest BCUT2D eigenvalue weighted by Gasteiger charge is -2.20. The summed E-state index contributed by atoms with van der Waals surface area (Å²) in [7, 11) is 0. The fourth-order valence-electron chi connectivity index (χ4n) is 6.28. The zero-order valence-corrected chi connectivity index (χ0v) is 26.6. The van der Waals surface area contributed by atoms with Crippen LogP contribution in [0.3, 0.4) is 0 Å². The zero-order chi connectivity index (χ0) is 32.0. The van der Waals surface area contributed by atoms with Crippen LogP contribution in [0.4, 0.5) is 0 Å². The molecule has 5 nitrogen and oxygen atoms in total. The Hall–Kier alpha value is -5.94. The molecule has 0 aliphatic carbocycles. The van der Waals surface area contributed by atoms with Crippen LogP contribution in [0.5, 0.6) is 0 Å². The molecule has 0 radical (unpaired) electrons. The molecular weight excluding hydrogens is 574 g/mol. The second-order valence-electron chi connectivity index (χ2n) is 12.8. The van der Waals surface area contributed by atoms with E-state index in [-0.39, 0.29) is 5.41 Å². The summed E-state index contributed by atoms with van der Waals surface area (Å²) < 4.78 is 2.38. The van der Waals surface area contributed by atoms with Crippen LogP contribution < -0.4 is 0 Å². The first kappa shape index (κ1) is 28.5. The molecule has 0 saturated carbocycles. The molecule has 0 amide bonds. The molecule has 0 unspecified atom stereocenters. The summed E-state index contributed by atoms with van der Waals surface area (Å²) in [5.74, 6) is 1.89. The molecule has 0 aliphatic rings. The zero-order valence-electron chi connectivity index (χ0n) is 26.6. The van der Waals surface area contributed by atoms with Gasteiger partial charge in [0, 0.05) is 45.5 Å². The lowest BCUT2D eigenvalue weighted by molar-refractivity contribution is 0.591. The molecule has 47 heavy (non-hydrogen) atoms. The number of hydrogen-bond donors (Lipinski definition) is 0. The third-order valence-electron chi connectivity index (χ3n) is 8.73. The third-order valence-corrected chi connectivity index (χ3v) is 8.73. The molecule has 0 atom stereocenters. The average Bonchev–Trinajstić information content (AvgIpc) is 3.46. The second-order valence-corrected chi connectivity index (χ2v) is 12.8. The standard InChI is InChI=1S/C42H33N5/c1-42(2,3)31-18-20-34-33-16-10-11-17-37(33)47(38(34)26-31)32-19-21-35(36(27-32)28-22-24-43-25-23-28)41-45-39(29-12-6-4-7-13-29)44-40(46-41)30-14-8-5-9-15-30/h4-27H,1-3H3. The maximum absolute atomic E-state index is 5.07. The van der Waals surface area contributed by atoms with Crippen molar-refractivity contribution in [2.75, 3.05) is 0 Å². The molecule has 0 spiro atoms. The van der Waals surface area contributed by atoms with E-state index < -0.39 is 0 Å². The third kappa shape index (κ3) is 5.26. The number of hydrogen-bond acceptors (Lipinski definition) is 4. The van der Waals surface area contributed by atoms with Gasteiger partial charge in [-0.1, -0.05) is 112 Å². The van der Waals surface area contributed by atoms with Gasteiger partial charge in [0.2, 0.25) is 0 Å². The summed E-state index contributed by atoms with van der Waals surface area (Å²) in [6.07, 6.45) is 3.67. The molecule has 3 aromatic heterocycles. The summed E-state index contributed by atoms with van der Waals surface area (Å²) in [6, 6.07) is 46.4. The van der Waals surface area contributed by atoms with Crippen LogP contribution in [-0.4, -0.2) is 24.5 Å². The Morgan fingerprint density at radius 3 is 1.72 bits per heavy atom. The van der Waals surface area contributed by atoms with Crippen molar-refractivity contribution >= 4 is 21.8 Å². The minimum Gasteiger partial charge on any atom is -0.309 e. The van der Waals surface area contributed by atoms with Crippen LogP contribution >= 0.6 is 0 Å². The summed E-state index contributed by atoms with van der Waals surface area (Å²) in [5, 5.41) is 2.47. The number of fused-ring (bicyclic) bond motifs is 3. The minimum absolute atomic E-state index is 0.0210. The van der Waals surface area contributed by atoms with Crippen molar-refractivity contribution in [3.63, 3.8) is 0 Å². The molecule has 0 fully saturated rings. The molecule has 226 valence electrons. The minimum atomic E-state index is 0.0210. The van der Waals surface area contributed by atoms with Crippen LogP contribution in [0.25, 0.3) is 72.8 Å².